The molecule has 20 heavy (non-hydrogen) atoms. The predicted molar refractivity (Wildman–Crippen MR) is 71.3 cm³/mol. The number of sulfonamides is 1. The fraction of sp³-hybridized carbons (Fsp3) is 0.455. The van der Waals surface area contributed by atoms with Gasteiger partial charge in [0.25, 0.3) is 5.69 Å². The Labute approximate surface area is 116 Å². The number of likely N-dealkylation sites (N-methyl/N-ethyl adjacent to an activating group) is 1. The third-order valence-electron chi connectivity index (χ3n) is 3.29. The van der Waals surface area contributed by atoms with Crippen LogP contribution in [0.25, 0.3) is 0 Å². The quantitative estimate of drug-likeness (QED) is 0.615. The van der Waals surface area contributed by atoms with Gasteiger partial charge in [-0.2, -0.15) is 4.31 Å². The smallest absolute Gasteiger partial charge is 0.293 e. The molecule has 1 saturated heterocycles. The first-order valence-corrected chi connectivity index (χ1v) is 7.33. The van der Waals surface area contributed by atoms with Gasteiger partial charge in [0, 0.05) is 26.2 Å². The van der Waals surface area contributed by atoms with Crippen molar-refractivity contribution in [2.24, 2.45) is 0 Å². The molecule has 1 aliphatic heterocycles. The van der Waals surface area contributed by atoms with E-state index in [-0.39, 0.29) is 16.7 Å². The summed E-state index contributed by atoms with van der Waals surface area (Å²) in [5.74, 6) is 0.239. The highest BCUT2D eigenvalue weighted by molar-refractivity contribution is 7.89. The standard InChI is InChI=1S/C11H15N3O5S/c1-13(8-6-12-7-8)20(17,18)11-4-3-9(19-2)5-10(11)14(15)16/h3-5,8,12H,6-7H2,1-2H3. The van der Waals surface area contributed by atoms with E-state index in [1.165, 1.54) is 26.3 Å². The Morgan fingerprint density at radius 1 is 1.45 bits per heavy atom. The molecular weight excluding hydrogens is 286 g/mol. The van der Waals surface area contributed by atoms with Gasteiger partial charge in [-0.1, -0.05) is 0 Å². The molecule has 0 spiro atoms. The van der Waals surface area contributed by atoms with E-state index in [0.717, 1.165) is 10.4 Å². The number of rotatable bonds is 5. The largest absolute Gasteiger partial charge is 0.497 e. The average molecular weight is 301 g/mol. The molecule has 0 atom stereocenters. The van der Waals surface area contributed by atoms with E-state index in [1.54, 1.807) is 0 Å². The monoisotopic (exact) mass is 301 g/mol. The third kappa shape index (κ3) is 2.47. The fourth-order valence-electron chi connectivity index (χ4n) is 1.87. The number of nitrogens with one attached hydrogen (secondary N) is 1. The van der Waals surface area contributed by atoms with Crippen molar-refractivity contribution in [1.29, 1.82) is 0 Å². The molecule has 1 aromatic rings. The van der Waals surface area contributed by atoms with Crippen molar-refractivity contribution in [3.8, 4) is 5.75 Å². The van der Waals surface area contributed by atoms with E-state index in [1.807, 2.05) is 0 Å². The van der Waals surface area contributed by atoms with Crippen molar-refractivity contribution >= 4 is 15.7 Å². The van der Waals surface area contributed by atoms with Crippen molar-refractivity contribution in [1.82, 2.24) is 9.62 Å². The normalized spacial score (nSPS) is 15.9. The van der Waals surface area contributed by atoms with Crippen LogP contribution in [-0.4, -0.2) is 50.9 Å². The maximum atomic E-state index is 12.4. The number of benzene rings is 1. The summed E-state index contributed by atoms with van der Waals surface area (Å²) in [5.41, 5.74) is -0.483. The number of hydrogen-bond donors (Lipinski definition) is 1. The van der Waals surface area contributed by atoms with Crippen LogP contribution in [0.5, 0.6) is 5.75 Å². The summed E-state index contributed by atoms with van der Waals surface area (Å²) in [5, 5.41) is 14.0. The van der Waals surface area contributed by atoms with E-state index in [2.05, 4.69) is 5.32 Å². The molecule has 0 unspecified atom stereocenters. The molecule has 8 nitrogen and oxygen atoms in total. The van der Waals surface area contributed by atoms with Gasteiger partial charge in [-0.25, -0.2) is 8.42 Å². The summed E-state index contributed by atoms with van der Waals surface area (Å²) < 4.78 is 30.9. The van der Waals surface area contributed by atoms with E-state index in [9.17, 15) is 18.5 Å². The highest BCUT2D eigenvalue weighted by Gasteiger charge is 2.36. The van der Waals surface area contributed by atoms with Crippen LogP contribution < -0.4 is 10.1 Å². The summed E-state index contributed by atoms with van der Waals surface area (Å²) in [6.07, 6.45) is 0. The van der Waals surface area contributed by atoms with Gasteiger partial charge in [-0.05, 0) is 12.1 Å². The van der Waals surface area contributed by atoms with E-state index >= 15 is 0 Å². The first kappa shape index (κ1) is 14.7. The number of ether oxygens (including phenoxy) is 1. The fourth-order valence-corrected chi connectivity index (χ4v) is 3.36. The molecule has 1 N–H and O–H groups in total. The average Bonchev–Trinajstić information content (AvgIpc) is 2.35. The number of nitro groups is 1. The van der Waals surface area contributed by atoms with Crippen LogP contribution in [0.15, 0.2) is 23.1 Å². The van der Waals surface area contributed by atoms with Gasteiger partial charge < -0.3 is 10.1 Å². The number of hydrogen-bond acceptors (Lipinski definition) is 6. The number of methoxy groups -OCH3 is 1. The van der Waals surface area contributed by atoms with Gasteiger partial charge in [-0.15, -0.1) is 0 Å². The van der Waals surface area contributed by atoms with Crippen molar-refractivity contribution in [2.75, 3.05) is 27.2 Å². The van der Waals surface area contributed by atoms with Gasteiger partial charge in [0.1, 0.15) is 5.75 Å². The summed E-state index contributed by atoms with van der Waals surface area (Å²) in [6, 6.07) is 3.53. The van der Waals surface area contributed by atoms with E-state index in [4.69, 9.17) is 4.74 Å². The van der Waals surface area contributed by atoms with E-state index in [0.29, 0.717) is 13.1 Å². The highest BCUT2D eigenvalue weighted by atomic mass is 32.2. The van der Waals surface area contributed by atoms with Gasteiger partial charge in [0.2, 0.25) is 10.0 Å². The van der Waals surface area contributed by atoms with Crippen LogP contribution in [0, 0.1) is 10.1 Å². The van der Waals surface area contributed by atoms with Crippen molar-refractivity contribution in [3.05, 3.63) is 28.3 Å². The first-order valence-electron chi connectivity index (χ1n) is 5.89. The molecule has 0 aliphatic carbocycles. The first-order chi connectivity index (χ1) is 9.37. The summed E-state index contributed by atoms with van der Waals surface area (Å²) >= 11 is 0. The lowest BCUT2D eigenvalue weighted by atomic mass is 10.2. The van der Waals surface area contributed by atoms with Crippen LogP contribution in [0.2, 0.25) is 0 Å². The lowest BCUT2D eigenvalue weighted by Crippen LogP contribution is -2.57. The second-order valence-corrected chi connectivity index (χ2v) is 6.39. The minimum absolute atomic E-state index is 0.179. The molecular formula is C11H15N3O5S. The molecule has 9 heteroatoms. The Morgan fingerprint density at radius 2 is 2.10 bits per heavy atom. The zero-order chi connectivity index (χ0) is 14.9. The Bertz CT molecular complexity index is 627. The molecule has 110 valence electrons. The van der Waals surface area contributed by atoms with Gasteiger partial charge in [0.15, 0.2) is 4.90 Å². The lowest BCUT2D eigenvalue weighted by Gasteiger charge is -2.34. The summed E-state index contributed by atoms with van der Waals surface area (Å²) in [6.45, 7) is 1.08. The molecule has 0 radical (unpaired) electrons. The summed E-state index contributed by atoms with van der Waals surface area (Å²) in [4.78, 5) is 10.0. The molecule has 1 fully saturated rings. The predicted octanol–water partition coefficient (Wildman–Crippen LogP) is 0.196. The molecule has 2 rings (SSSR count). The van der Waals surface area contributed by atoms with Crippen LogP contribution in [0.1, 0.15) is 0 Å². The maximum absolute atomic E-state index is 12.4. The molecule has 1 aromatic carbocycles. The lowest BCUT2D eigenvalue weighted by molar-refractivity contribution is -0.387. The minimum Gasteiger partial charge on any atom is -0.497 e. The Morgan fingerprint density at radius 3 is 2.55 bits per heavy atom. The summed E-state index contributed by atoms with van der Waals surface area (Å²) in [7, 11) is -1.12. The number of nitrogens with zero attached hydrogens (tertiary/aromatic N) is 2. The van der Waals surface area contributed by atoms with Gasteiger partial charge >= 0.3 is 0 Å². The van der Waals surface area contributed by atoms with Crippen molar-refractivity contribution < 1.29 is 18.1 Å². The SMILES string of the molecule is COc1ccc(S(=O)(=O)N(C)C2CNC2)c([N+](=O)[O-])c1. The Hall–Kier alpha value is -1.71. The Balaban J connectivity index is 2.47. The molecule has 1 heterocycles. The zero-order valence-corrected chi connectivity index (χ0v) is 11.9. The molecule has 1 aliphatic rings. The second kappa shape index (κ2) is 5.35. The minimum atomic E-state index is -3.90. The van der Waals surface area contributed by atoms with E-state index < -0.39 is 20.6 Å². The second-order valence-electron chi connectivity index (χ2n) is 4.42. The van der Waals surface area contributed by atoms with Crippen LogP contribution in [0.4, 0.5) is 5.69 Å². The topological polar surface area (TPSA) is 102 Å². The van der Waals surface area contributed by atoms with Crippen molar-refractivity contribution in [2.45, 2.75) is 10.9 Å². The van der Waals surface area contributed by atoms with Gasteiger partial charge in [0.05, 0.1) is 18.1 Å². The third-order valence-corrected chi connectivity index (χ3v) is 5.25. The van der Waals surface area contributed by atoms with Crippen LogP contribution in [-0.2, 0) is 10.0 Å². The van der Waals surface area contributed by atoms with Gasteiger partial charge in [-0.3, -0.25) is 10.1 Å². The zero-order valence-electron chi connectivity index (χ0n) is 11.1. The molecule has 0 amide bonds. The maximum Gasteiger partial charge on any atom is 0.293 e. The van der Waals surface area contributed by atoms with Crippen LogP contribution >= 0.6 is 0 Å². The van der Waals surface area contributed by atoms with Crippen molar-refractivity contribution in [3.63, 3.8) is 0 Å². The van der Waals surface area contributed by atoms with Crippen LogP contribution in [0.3, 0.4) is 0 Å². The molecule has 0 aromatic heterocycles. The highest BCUT2D eigenvalue weighted by Crippen LogP contribution is 2.31. The Kier molecular flexibility index (Phi) is 3.93. The number of nitro benzene ring substituents is 1. The molecule has 0 bridgehead atoms. The molecule has 0 saturated carbocycles.